The normalized spacial score (nSPS) is 16.2. The minimum Gasteiger partial charge on any atom is -0.492 e. The molecule has 1 aliphatic rings. The number of halogens is 1. The fourth-order valence-electron chi connectivity index (χ4n) is 1.92. The zero-order valence-corrected chi connectivity index (χ0v) is 14.3. The molecule has 0 aliphatic heterocycles. The van der Waals surface area contributed by atoms with Crippen molar-refractivity contribution in [2.75, 3.05) is 13.2 Å². The maximum atomic E-state index is 11.7. The van der Waals surface area contributed by atoms with Gasteiger partial charge in [0.15, 0.2) is 0 Å². The number of ether oxygens (including phenoxy) is 2. The smallest absolute Gasteiger partial charge is 0.407 e. The van der Waals surface area contributed by atoms with Crippen molar-refractivity contribution in [1.29, 1.82) is 0 Å². The monoisotopic (exact) mass is 355 g/mol. The summed E-state index contributed by atoms with van der Waals surface area (Å²) in [5.41, 5.74) is -0.418. The van der Waals surface area contributed by atoms with Crippen LogP contribution in [0.3, 0.4) is 0 Å². The molecule has 2 rings (SSSR count). The average molecular weight is 356 g/mol. The highest BCUT2D eigenvalue weighted by Gasteiger charge is 2.44. The lowest BCUT2D eigenvalue weighted by atomic mass is 10.1. The maximum absolute atomic E-state index is 11.7. The second-order valence-electron chi connectivity index (χ2n) is 6.57. The molecule has 21 heavy (non-hydrogen) atoms. The highest BCUT2D eigenvalue weighted by molar-refractivity contribution is 9.10. The Balaban J connectivity index is 1.79. The molecule has 0 atom stereocenters. The van der Waals surface area contributed by atoms with Crippen LogP contribution < -0.4 is 10.1 Å². The standard InChI is InChI=1S/C16H22BrNO3/c1-15(2,3)21-14(19)18-10-16(8-9-16)11-20-13-7-5-4-6-12(13)17/h4-7H,8-11H2,1-3H3,(H,18,19). The van der Waals surface area contributed by atoms with Gasteiger partial charge < -0.3 is 14.8 Å². The highest BCUT2D eigenvalue weighted by Crippen LogP contribution is 2.45. The topological polar surface area (TPSA) is 47.6 Å². The molecule has 1 amide bonds. The summed E-state index contributed by atoms with van der Waals surface area (Å²) in [5, 5.41) is 2.84. The van der Waals surface area contributed by atoms with Gasteiger partial charge in [-0.1, -0.05) is 12.1 Å². The number of hydrogen-bond acceptors (Lipinski definition) is 3. The van der Waals surface area contributed by atoms with Crippen LogP contribution in [-0.4, -0.2) is 24.8 Å². The van der Waals surface area contributed by atoms with Crippen LogP contribution in [0.4, 0.5) is 4.79 Å². The minimum atomic E-state index is -0.466. The molecule has 1 fully saturated rings. The SMILES string of the molecule is CC(C)(C)OC(=O)NCC1(COc2ccccc2Br)CC1. The summed E-state index contributed by atoms with van der Waals surface area (Å²) in [6.45, 7) is 6.76. The molecule has 116 valence electrons. The molecule has 4 nitrogen and oxygen atoms in total. The first-order valence-corrected chi connectivity index (χ1v) is 7.93. The third-order valence-corrected chi connectivity index (χ3v) is 3.99. The Morgan fingerprint density at radius 3 is 2.57 bits per heavy atom. The molecule has 1 aromatic rings. The molecule has 0 saturated heterocycles. The van der Waals surface area contributed by atoms with E-state index in [1.807, 2.05) is 45.0 Å². The first-order chi connectivity index (χ1) is 9.80. The Hall–Kier alpha value is -1.23. The fourth-order valence-corrected chi connectivity index (χ4v) is 2.31. The predicted molar refractivity (Wildman–Crippen MR) is 85.5 cm³/mol. The van der Waals surface area contributed by atoms with Crippen molar-refractivity contribution in [2.45, 2.75) is 39.2 Å². The molecular weight excluding hydrogens is 334 g/mol. The van der Waals surface area contributed by atoms with Crippen LogP contribution in [-0.2, 0) is 4.74 Å². The summed E-state index contributed by atoms with van der Waals surface area (Å²) in [6.07, 6.45) is 1.76. The highest BCUT2D eigenvalue weighted by atomic mass is 79.9. The van der Waals surface area contributed by atoms with Gasteiger partial charge in [0.2, 0.25) is 0 Å². The second-order valence-corrected chi connectivity index (χ2v) is 7.43. The molecule has 0 spiro atoms. The van der Waals surface area contributed by atoms with E-state index in [1.54, 1.807) is 0 Å². The van der Waals surface area contributed by atoms with Crippen molar-refractivity contribution < 1.29 is 14.3 Å². The Bertz CT molecular complexity index is 506. The van der Waals surface area contributed by atoms with Crippen LogP contribution in [0.15, 0.2) is 28.7 Å². The van der Waals surface area contributed by atoms with E-state index in [4.69, 9.17) is 9.47 Å². The number of para-hydroxylation sites is 1. The number of rotatable bonds is 5. The lowest BCUT2D eigenvalue weighted by Crippen LogP contribution is -2.37. The fraction of sp³-hybridized carbons (Fsp3) is 0.562. The molecule has 1 saturated carbocycles. The van der Waals surface area contributed by atoms with Crippen LogP contribution in [0.1, 0.15) is 33.6 Å². The Kier molecular flexibility index (Phi) is 4.81. The zero-order chi connectivity index (χ0) is 15.5. The first kappa shape index (κ1) is 16.1. The van der Waals surface area contributed by atoms with E-state index in [2.05, 4.69) is 21.2 Å². The van der Waals surface area contributed by atoms with Crippen molar-refractivity contribution >= 4 is 22.0 Å². The third kappa shape index (κ3) is 5.23. The van der Waals surface area contributed by atoms with E-state index in [1.165, 1.54) is 0 Å². The second kappa shape index (κ2) is 6.26. The van der Waals surface area contributed by atoms with Crippen LogP contribution in [0, 0.1) is 5.41 Å². The zero-order valence-electron chi connectivity index (χ0n) is 12.7. The van der Waals surface area contributed by atoms with Crippen molar-refractivity contribution in [1.82, 2.24) is 5.32 Å². The molecule has 1 aromatic carbocycles. The molecule has 0 radical (unpaired) electrons. The lowest BCUT2D eigenvalue weighted by molar-refractivity contribution is 0.0509. The Labute approximate surface area is 134 Å². The molecule has 5 heteroatoms. The lowest BCUT2D eigenvalue weighted by Gasteiger charge is -2.22. The molecule has 0 heterocycles. The summed E-state index contributed by atoms with van der Waals surface area (Å²) in [4.78, 5) is 11.7. The molecule has 1 N–H and O–H groups in total. The number of benzene rings is 1. The molecule has 0 bridgehead atoms. The summed E-state index contributed by atoms with van der Waals surface area (Å²) >= 11 is 3.46. The summed E-state index contributed by atoms with van der Waals surface area (Å²) in [5.74, 6) is 0.834. The van der Waals surface area contributed by atoms with E-state index in [0.717, 1.165) is 23.1 Å². The van der Waals surface area contributed by atoms with Gasteiger partial charge in [-0.05, 0) is 61.7 Å². The van der Waals surface area contributed by atoms with Crippen molar-refractivity contribution in [3.8, 4) is 5.75 Å². The van der Waals surface area contributed by atoms with Gasteiger partial charge in [-0.2, -0.15) is 0 Å². The van der Waals surface area contributed by atoms with E-state index in [9.17, 15) is 4.79 Å². The first-order valence-electron chi connectivity index (χ1n) is 7.14. The van der Waals surface area contributed by atoms with Crippen LogP contribution in [0.2, 0.25) is 0 Å². The number of hydrogen-bond donors (Lipinski definition) is 1. The van der Waals surface area contributed by atoms with Crippen molar-refractivity contribution in [3.05, 3.63) is 28.7 Å². The predicted octanol–water partition coefficient (Wildman–Crippen LogP) is 4.13. The molecule has 0 aromatic heterocycles. The number of alkyl carbamates (subject to hydrolysis) is 1. The molecular formula is C16H22BrNO3. The van der Waals surface area contributed by atoms with Gasteiger partial charge in [0.05, 0.1) is 11.1 Å². The van der Waals surface area contributed by atoms with E-state index in [0.29, 0.717) is 13.2 Å². The van der Waals surface area contributed by atoms with Crippen LogP contribution in [0.25, 0.3) is 0 Å². The average Bonchev–Trinajstić information content (AvgIpc) is 3.14. The van der Waals surface area contributed by atoms with Gasteiger partial charge in [0.1, 0.15) is 11.4 Å². The Morgan fingerprint density at radius 2 is 2.00 bits per heavy atom. The number of nitrogens with one attached hydrogen (secondary N) is 1. The van der Waals surface area contributed by atoms with Gasteiger partial charge in [0, 0.05) is 12.0 Å². The van der Waals surface area contributed by atoms with Gasteiger partial charge in [-0.15, -0.1) is 0 Å². The van der Waals surface area contributed by atoms with Gasteiger partial charge in [0.25, 0.3) is 0 Å². The Morgan fingerprint density at radius 1 is 1.33 bits per heavy atom. The minimum absolute atomic E-state index is 0.0478. The molecule has 0 unspecified atom stereocenters. The maximum Gasteiger partial charge on any atom is 0.407 e. The van der Waals surface area contributed by atoms with E-state index >= 15 is 0 Å². The number of amides is 1. The largest absolute Gasteiger partial charge is 0.492 e. The summed E-state index contributed by atoms with van der Waals surface area (Å²) < 4.78 is 12.0. The molecule has 1 aliphatic carbocycles. The van der Waals surface area contributed by atoms with Crippen LogP contribution >= 0.6 is 15.9 Å². The quantitative estimate of drug-likeness (QED) is 0.863. The van der Waals surface area contributed by atoms with Crippen molar-refractivity contribution in [2.24, 2.45) is 5.41 Å². The number of carbonyl (C=O) groups is 1. The van der Waals surface area contributed by atoms with Crippen molar-refractivity contribution in [3.63, 3.8) is 0 Å². The van der Waals surface area contributed by atoms with E-state index < -0.39 is 5.60 Å². The number of carbonyl (C=O) groups excluding carboxylic acids is 1. The summed E-state index contributed by atoms with van der Waals surface area (Å²) in [6, 6.07) is 7.78. The van der Waals surface area contributed by atoms with Crippen LogP contribution in [0.5, 0.6) is 5.75 Å². The third-order valence-electron chi connectivity index (χ3n) is 3.33. The van der Waals surface area contributed by atoms with E-state index in [-0.39, 0.29) is 11.5 Å². The van der Waals surface area contributed by atoms with Gasteiger partial charge in [-0.3, -0.25) is 0 Å². The van der Waals surface area contributed by atoms with Gasteiger partial charge >= 0.3 is 6.09 Å². The van der Waals surface area contributed by atoms with Gasteiger partial charge in [-0.25, -0.2) is 4.79 Å². The summed E-state index contributed by atoms with van der Waals surface area (Å²) in [7, 11) is 0.